The van der Waals surface area contributed by atoms with E-state index in [0.717, 1.165) is 12.5 Å². The number of ketones is 2. The van der Waals surface area contributed by atoms with Crippen molar-refractivity contribution in [2.45, 2.75) is 195 Å². The smallest absolute Gasteiger partial charge is 0.323 e. The van der Waals surface area contributed by atoms with Crippen LogP contribution in [0.25, 0.3) is 0 Å². The number of hydrogen-bond acceptors (Lipinski definition) is 16. The lowest BCUT2D eigenvalue weighted by atomic mass is 9.91. The van der Waals surface area contributed by atoms with Gasteiger partial charge in [0.15, 0.2) is 11.9 Å². The first-order valence-corrected chi connectivity index (χ1v) is 28.3. The molecule has 2 heterocycles. The molecular formula is C58H93N7O15. The molecule has 5 N–H and O–H groups in total. The summed E-state index contributed by atoms with van der Waals surface area (Å²) in [6.07, 6.45) is -1.22. The number of aliphatic hydroxyl groups is 1. The molecule has 0 aromatic heterocycles. The predicted octanol–water partition coefficient (Wildman–Crippen LogP) is 2.92. The number of amides is 6. The largest absolute Gasteiger partial charge is 0.497 e. The molecule has 22 nitrogen and oxygen atoms in total. The van der Waals surface area contributed by atoms with Crippen LogP contribution in [-0.2, 0) is 68.6 Å². The van der Waals surface area contributed by atoms with Crippen LogP contribution in [0.2, 0.25) is 0 Å². The molecule has 12 atom stereocenters. The third-order valence-electron chi connectivity index (χ3n) is 15.3. The third kappa shape index (κ3) is 19.1. The fraction of sp³-hybridized carbons (Fsp3) is 0.724. The molecule has 3 rings (SSSR count). The predicted molar refractivity (Wildman–Crippen MR) is 297 cm³/mol. The van der Waals surface area contributed by atoms with E-state index < -0.39 is 132 Å². The number of nitrogens with zero attached hydrogens (tertiary/aromatic N) is 3. The van der Waals surface area contributed by atoms with E-state index in [1.165, 1.54) is 44.9 Å². The molecule has 0 spiro atoms. The van der Waals surface area contributed by atoms with Crippen molar-refractivity contribution in [3.8, 4) is 5.75 Å². The summed E-state index contributed by atoms with van der Waals surface area (Å²) in [5.74, 6) is -9.00. The van der Waals surface area contributed by atoms with Crippen LogP contribution in [0.5, 0.6) is 5.75 Å². The maximum Gasteiger partial charge on any atom is 0.323 e. The van der Waals surface area contributed by atoms with Gasteiger partial charge in [-0.1, -0.05) is 73.9 Å². The van der Waals surface area contributed by atoms with Crippen molar-refractivity contribution < 1.29 is 72.0 Å². The number of ether oxygens (including phenoxy) is 4. The topological polar surface area (TPSA) is 286 Å². The van der Waals surface area contributed by atoms with Gasteiger partial charge in [0.25, 0.3) is 5.91 Å². The van der Waals surface area contributed by atoms with Crippen LogP contribution in [0.3, 0.4) is 0 Å². The van der Waals surface area contributed by atoms with Crippen molar-refractivity contribution >= 4 is 58.9 Å². The van der Waals surface area contributed by atoms with E-state index in [1.807, 2.05) is 41.5 Å². The zero-order chi connectivity index (χ0) is 60.3. The molecule has 0 unspecified atom stereocenters. The monoisotopic (exact) mass is 1130 g/mol. The number of Topliss-reactive ketones (excluding diaryl/α,β-unsaturated/α-hetero) is 2. The maximum absolute atomic E-state index is 15.0. The van der Waals surface area contributed by atoms with Crippen molar-refractivity contribution in [3.05, 3.63) is 29.8 Å². The summed E-state index contributed by atoms with van der Waals surface area (Å²) in [7, 11) is 5.86. The fourth-order valence-corrected chi connectivity index (χ4v) is 10.2. The molecule has 1 aromatic carbocycles. The van der Waals surface area contributed by atoms with Gasteiger partial charge in [0, 0.05) is 34.2 Å². The quantitative estimate of drug-likeness (QED) is 0.0394. The molecule has 0 radical (unpaired) electrons. The number of carbonyl (C=O) groups excluding carboxylic acids is 10. The number of esters is 2. The Bertz CT molecular complexity index is 2280. The van der Waals surface area contributed by atoms with Crippen molar-refractivity contribution in [1.82, 2.24) is 36.0 Å². The molecule has 0 aliphatic carbocycles. The molecule has 2 aliphatic heterocycles. The highest BCUT2D eigenvalue weighted by molar-refractivity contribution is 6.35. The minimum absolute atomic E-state index is 0.000394. The zero-order valence-corrected chi connectivity index (χ0v) is 50.0. The van der Waals surface area contributed by atoms with Crippen LogP contribution in [0.15, 0.2) is 24.3 Å². The van der Waals surface area contributed by atoms with Gasteiger partial charge in [-0.25, -0.2) is 0 Å². The molecule has 22 heteroatoms. The summed E-state index contributed by atoms with van der Waals surface area (Å²) >= 11 is 0. The van der Waals surface area contributed by atoms with Crippen LogP contribution in [0, 0.1) is 29.6 Å². The normalized spacial score (nSPS) is 19.1. The number of likely N-dealkylation sites (N-methyl/N-ethyl adjacent to an activating group) is 2. The van der Waals surface area contributed by atoms with Crippen LogP contribution < -0.4 is 26.0 Å². The van der Waals surface area contributed by atoms with Gasteiger partial charge in [-0.2, -0.15) is 0 Å². The van der Waals surface area contributed by atoms with E-state index in [4.69, 9.17) is 18.9 Å². The lowest BCUT2D eigenvalue weighted by molar-refractivity contribution is -0.163. The van der Waals surface area contributed by atoms with Gasteiger partial charge in [-0.3, -0.25) is 47.9 Å². The highest BCUT2D eigenvalue weighted by Crippen LogP contribution is 2.25. The SMILES string of the molecule is CC[C@H](C)[C@H](NC(=O)[C@@H](NC(=O)[C@@H](CC(C)C)N(C)C(=O)[C@@H]1CCCN1C(=O)C(C)=O)[C@@H](C)OC(=O)[C@H](Cc1ccc(OC)cc1)NC)[C@@H](CC(=O)O[C@H](C(=O)[C@H](C)C(=O)N[C@@H](CC(C)C)C(=O)N1CCC[C@H]1CO)C(C)C)OC. The van der Waals surface area contributed by atoms with Gasteiger partial charge < -0.3 is 60.0 Å². The Morgan fingerprint density at radius 1 is 0.762 bits per heavy atom. The van der Waals surface area contributed by atoms with Crippen LogP contribution in [0.1, 0.15) is 133 Å². The van der Waals surface area contributed by atoms with E-state index >= 15 is 0 Å². The molecular weight excluding hydrogens is 1030 g/mol. The Morgan fingerprint density at radius 2 is 1.38 bits per heavy atom. The second-order valence-corrected chi connectivity index (χ2v) is 22.7. The number of nitrogens with one attached hydrogen (secondary N) is 4. The van der Waals surface area contributed by atoms with Gasteiger partial charge >= 0.3 is 11.9 Å². The number of likely N-dealkylation sites (tertiary alicyclic amines) is 2. The molecule has 0 bridgehead atoms. The lowest BCUT2D eigenvalue weighted by Gasteiger charge is -2.36. The highest BCUT2D eigenvalue weighted by atomic mass is 16.6. The summed E-state index contributed by atoms with van der Waals surface area (Å²) in [4.78, 5) is 142. The standard InChI is InChI=1S/C58H93N7O15/c1-16-35(8)48(46(78-15)30-47(68)80-51(34(6)7)50(69)36(9)52(70)60-42(27-32(2)3)56(74)64-25-17-19-40(64)31-66)61-54(72)49(38(11)79-58(76)43(59-12)29-39-21-23-41(77-14)24-22-39)62-53(71)45(28-33(4)5)63(13)57(75)44-20-18-26-65(44)55(73)37(10)67/h21-24,32-36,38,40,42-46,48-49,51,59,66H,16-20,25-31H2,1-15H3,(H,60,70)(H,61,72)(H,62,71)/t35-,36-,38+,40-,42-,43-,44-,45+,46+,48-,49-,51-/m0/s1. The molecule has 2 aliphatic rings. The average molecular weight is 1130 g/mol. The molecule has 2 fully saturated rings. The number of rotatable bonds is 32. The third-order valence-corrected chi connectivity index (χ3v) is 15.3. The van der Waals surface area contributed by atoms with E-state index in [2.05, 4.69) is 21.3 Å². The van der Waals surface area contributed by atoms with E-state index in [9.17, 15) is 53.1 Å². The van der Waals surface area contributed by atoms with Crippen molar-refractivity contribution in [3.63, 3.8) is 0 Å². The first-order valence-electron chi connectivity index (χ1n) is 28.3. The van der Waals surface area contributed by atoms with Crippen LogP contribution in [-0.4, -0.2) is 187 Å². The fourth-order valence-electron chi connectivity index (χ4n) is 10.2. The Balaban J connectivity index is 1.95. The van der Waals surface area contributed by atoms with E-state index in [0.29, 0.717) is 44.4 Å². The second-order valence-electron chi connectivity index (χ2n) is 22.7. The average Bonchev–Trinajstić information content (AvgIpc) is 4.12. The number of hydrogen-bond donors (Lipinski definition) is 5. The summed E-state index contributed by atoms with van der Waals surface area (Å²) < 4.78 is 23.0. The number of benzene rings is 1. The minimum atomic E-state index is -1.61. The zero-order valence-electron chi connectivity index (χ0n) is 50.0. The van der Waals surface area contributed by atoms with Crippen LogP contribution >= 0.6 is 0 Å². The second kappa shape index (κ2) is 32.4. The molecule has 80 heavy (non-hydrogen) atoms. The summed E-state index contributed by atoms with van der Waals surface area (Å²) in [6.45, 7) is 18.8. The number of carbonyl (C=O) groups is 10. The van der Waals surface area contributed by atoms with Crippen molar-refractivity contribution in [1.29, 1.82) is 0 Å². The molecule has 1 aromatic rings. The molecule has 2 saturated heterocycles. The summed E-state index contributed by atoms with van der Waals surface area (Å²) in [6, 6.07) is 0.0702. The van der Waals surface area contributed by atoms with E-state index in [1.54, 1.807) is 50.1 Å². The lowest BCUT2D eigenvalue weighted by Crippen LogP contribution is -2.62. The molecule has 450 valence electrons. The van der Waals surface area contributed by atoms with E-state index in [-0.39, 0.29) is 56.2 Å². The first-order chi connectivity index (χ1) is 37.6. The minimum Gasteiger partial charge on any atom is -0.497 e. The van der Waals surface area contributed by atoms with Gasteiger partial charge in [0.1, 0.15) is 42.1 Å². The summed E-state index contributed by atoms with van der Waals surface area (Å²) in [5, 5.41) is 21.3. The highest BCUT2D eigenvalue weighted by Gasteiger charge is 2.44. The first kappa shape index (κ1) is 68.3. The Hall–Kier alpha value is -6.00. The number of aliphatic hydroxyl groups excluding tert-OH is 1. The van der Waals surface area contributed by atoms with Crippen LogP contribution in [0.4, 0.5) is 0 Å². The van der Waals surface area contributed by atoms with Gasteiger partial charge in [-0.15, -0.1) is 0 Å². The molecule has 0 saturated carbocycles. The maximum atomic E-state index is 15.0. The number of methoxy groups -OCH3 is 2. The van der Waals surface area contributed by atoms with Crippen molar-refractivity contribution in [2.75, 3.05) is 48.0 Å². The Labute approximate surface area is 473 Å². The van der Waals surface area contributed by atoms with Gasteiger partial charge in [0.05, 0.1) is 44.2 Å². The summed E-state index contributed by atoms with van der Waals surface area (Å²) in [5.41, 5.74) is 0.770. The Kier molecular flexibility index (Phi) is 27.7. The van der Waals surface area contributed by atoms with Crippen molar-refractivity contribution in [2.24, 2.45) is 29.6 Å². The molecule has 6 amide bonds. The van der Waals surface area contributed by atoms with Gasteiger partial charge in [0.2, 0.25) is 35.3 Å². The van der Waals surface area contributed by atoms with Gasteiger partial charge in [-0.05, 0) is 107 Å². The Morgan fingerprint density at radius 3 is 1.91 bits per heavy atom.